The second-order valence-corrected chi connectivity index (χ2v) is 7.71. The Morgan fingerprint density at radius 1 is 1.07 bits per heavy atom. The number of carbonyl (C=O) groups is 1. The Morgan fingerprint density at radius 2 is 1.93 bits per heavy atom. The molecule has 0 unspecified atom stereocenters. The van der Waals surface area contributed by atoms with Crippen LogP contribution in [0.5, 0.6) is 5.75 Å². The predicted octanol–water partition coefficient (Wildman–Crippen LogP) is 5.37. The average Bonchev–Trinajstić information content (AvgIpc) is 3.28. The number of thiazole rings is 1. The Bertz CT molecular complexity index is 1150. The molecule has 0 aliphatic carbocycles. The third-order valence-corrected chi connectivity index (χ3v) is 5.59. The summed E-state index contributed by atoms with van der Waals surface area (Å²) in [5.74, 6) is 0.484. The molecule has 1 N–H and O–H groups in total. The number of nitrogens with one attached hydrogen (secondary N) is 1. The van der Waals surface area contributed by atoms with Crippen molar-refractivity contribution in [2.45, 2.75) is 13.2 Å². The highest BCUT2D eigenvalue weighted by Gasteiger charge is 2.12. The molecule has 0 bridgehead atoms. The van der Waals surface area contributed by atoms with Crippen LogP contribution in [0, 0.1) is 0 Å². The highest BCUT2D eigenvalue weighted by Crippen LogP contribution is 2.28. The fourth-order valence-electron chi connectivity index (χ4n) is 2.77. The van der Waals surface area contributed by atoms with Gasteiger partial charge in [-0.25, -0.2) is 4.98 Å². The first kappa shape index (κ1) is 20.1. The van der Waals surface area contributed by atoms with E-state index in [1.165, 1.54) is 11.3 Å². The molecule has 1 amide bonds. The lowest BCUT2D eigenvalue weighted by Gasteiger charge is -2.08. The van der Waals surface area contributed by atoms with Gasteiger partial charge in [0.05, 0.1) is 12.2 Å². The van der Waals surface area contributed by atoms with Crippen molar-refractivity contribution in [2.75, 3.05) is 0 Å². The summed E-state index contributed by atoms with van der Waals surface area (Å²) >= 11 is 7.60. The molecule has 2 heterocycles. The van der Waals surface area contributed by atoms with Gasteiger partial charge >= 0.3 is 0 Å². The average molecular weight is 436 g/mol. The van der Waals surface area contributed by atoms with Gasteiger partial charge in [-0.3, -0.25) is 9.78 Å². The number of carbonyl (C=O) groups excluding carboxylic acids is 1. The Hall–Kier alpha value is -3.22. The van der Waals surface area contributed by atoms with E-state index in [9.17, 15) is 4.79 Å². The largest absolute Gasteiger partial charge is 0.489 e. The predicted molar refractivity (Wildman–Crippen MR) is 119 cm³/mol. The van der Waals surface area contributed by atoms with Crippen LogP contribution in [0.3, 0.4) is 0 Å². The first-order chi connectivity index (χ1) is 14.7. The zero-order chi connectivity index (χ0) is 20.8. The summed E-state index contributed by atoms with van der Waals surface area (Å²) in [7, 11) is 0. The maximum Gasteiger partial charge on any atom is 0.271 e. The number of halogens is 1. The van der Waals surface area contributed by atoms with E-state index >= 15 is 0 Å². The minimum atomic E-state index is -0.228. The summed E-state index contributed by atoms with van der Waals surface area (Å²) in [6.07, 6.45) is 1.70. The number of nitrogens with zero attached hydrogens (tertiary/aromatic N) is 2. The summed E-state index contributed by atoms with van der Waals surface area (Å²) in [6, 6.07) is 20.8. The number of hydrogen-bond donors (Lipinski definition) is 1. The number of amides is 1. The van der Waals surface area contributed by atoms with Crippen molar-refractivity contribution >= 4 is 28.8 Å². The highest BCUT2D eigenvalue weighted by atomic mass is 35.5. The number of benzene rings is 2. The van der Waals surface area contributed by atoms with E-state index < -0.39 is 0 Å². The standard InChI is InChI=1S/C23H18ClN3O2S/c24-20-10-2-1-6-17(20)14-29-19-9-5-7-16(12-19)23-27-21(15-30-23)22(28)26-13-18-8-3-4-11-25-18/h1-12,15H,13-14H2,(H,26,28). The Labute approximate surface area is 183 Å². The Balaban J connectivity index is 1.41. The fraction of sp³-hybridized carbons (Fsp3) is 0.0870. The lowest BCUT2D eigenvalue weighted by atomic mass is 10.2. The van der Waals surface area contributed by atoms with Crippen molar-refractivity contribution in [2.24, 2.45) is 0 Å². The molecule has 5 nitrogen and oxygen atoms in total. The van der Waals surface area contributed by atoms with Gasteiger partial charge in [-0.05, 0) is 30.3 Å². The number of ether oxygens (including phenoxy) is 1. The summed E-state index contributed by atoms with van der Waals surface area (Å²) in [5, 5.41) is 6.02. The van der Waals surface area contributed by atoms with Crippen molar-refractivity contribution in [1.29, 1.82) is 0 Å². The van der Waals surface area contributed by atoms with Gasteiger partial charge in [-0.1, -0.05) is 48.0 Å². The molecule has 0 spiro atoms. The minimum Gasteiger partial charge on any atom is -0.489 e. The summed E-state index contributed by atoms with van der Waals surface area (Å²) in [5.41, 5.74) is 2.99. The topological polar surface area (TPSA) is 64.1 Å². The van der Waals surface area contributed by atoms with Crippen LogP contribution in [0.2, 0.25) is 5.02 Å². The van der Waals surface area contributed by atoms with Crippen LogP contribution in [-0.4, -0.2) is 15.9 Å². The normalized spacial score (nSPS) is 10.6. The van der Waals surface area contributed by atoms with Crippen LogP contribution in [-0.2, 0) is 13.2 Å². The van der Waals surface area contributed by atoms with Crippen molar-refractivity contribution in [3.05, 3.63) is 100 Å². The number of rotatable bonds is 7. The van der Waals surface area contributed by atoms with E-state index in [-0.39, 0.29) is 5.91 Å². The van der Waals surface area contributed by atoms with Gasteiger partial charge in [-0.2, -0.15) is 0 Å². The molecule has 150 valence electrons. The third kappa shape index (κ3) is 5.03. The van der Waals surface area contributed by atoms with Crippen molar-refractivity contribution in [1.82, 2.24) is 15.3 Å². The zero-order valence-corrected chi connectivity index (χ0v) is 17.5. The summed E-state index contributed by atoms with van der Waals surface area (Å²) in [6.45, 7) is 0.736. The monoisotopic (exact) mass is 435 g/mol. The van der Waals surface area contributed by atoms with Crippen LogP contribution in [0.15, 0.2) is 78.3 Å². The summed E-state index contributed by atoms with van der Waals surface area (Å²) < 4.78 is 5.88. The van der Waals surface area contributed by atoms with Crippen LogP contribution < -0.4 is 10.1 Å². The molecule has 2 aromatic carbocycles. The maximum atomic E-state index is 12.4. The second-order valence-electron chi connectivity index (χ2n) is 6.45. The van der Waals surface area contributed by atoms with Crippen molar-refractivity contribution < 1.29 is 9.53 Å². The SMILES string of the molecule is O=C(NCc1ccccn1)c1csc(-c2cccc(OCc3ccccc3Cl)c2)n1. The van der Waals surface area contributed by atoms with Gasteiger partial charge in [0.25, 0.3) is 5.91 Å². The first-order valence-electron chi connectivity index (χ1n) is 9.29. The number of pyridine rings is 1. The Kier molecular flexibility index (Phi) is 6.37. The van der Waals surface area contributed by atoms with E-state index in [0.29, 0.717) is 29.6 Å². The van der Waals surface area contributed by atoms with E-state index in [2.05, 4.69) is 15.3 Å². The van der Waals surface area contributed by atoms with Gasteiger partial charge in [-0.15, -0.1) is 11.3 Å². The first-order valence-corrected chi connectivity index (χ1v) is 10.5. The van der Waals surface area contributed by atoms with Crippen molar-refractivity contribution in [3.63, 3.8) is 0 Å². The quantitative estimate of drug-likeness (QED) is 0.424. The molecule has 7 heteroatoms. The lowest BCUT2D eigenvalue weighted by Crippen LogP contribution is -2.23. The second kappa shape index (κ2) is 9.52. The van der Waals surface area contributed by atoms with Gasteiger partial charge < -0.3 is 10.1 Å². The molecule has 2 aromatic heterocycles. The molecule has 0 aliphatic rings. The van der Waals surface area contributed by atoms with Crippen molar-refractivity contribution in [3.8, 4) is 16.3 Å². The van der Waals surface area contributed by atoms with Crippen LogP contribution >= 0.6 is 22.9 Å². The van der Waals surface area contributed by atoms with Gasteiger partial charge in [0.1, 0.15) is 23.1 Å². The molecular weight excluding hydrogens is 418 g/mol. The number of aromatic nitrogens is 2. The maximum absolute atomic E-state index is 12.4. The number of hydrogen-bond acceptors (Lipinski definition) is 5. The summed E-state index contributed by atoms with van der Waals surface area (Å²) in [4.78, 5) is 21.1. The lowest BCUT2D eigenvalue weighted by molar-refractivity contribution is 0.0946. The minimum absolute atomic E-state index is 0.228. The molecule has 4 aromatic rings. The van der Waals surface area contributed by atoms with Crippen LogP contribution in [0.1, 0.15) is 21.7 Å². The molecule has 0 fully saturated rings. The highest BCUT2D eigenvalue weighted by molar-refractivity contribution is 7.13. The Morgan fingerprint density at radius 3 is 2.77 bits per heavy atom. The smallest absolute Gasteiger partial charge is 0.271 e. The fourth-order valence-corrected chi connectivity index (χ4v) is 3.76. The van der Waals surface area contributed by atoms with Crippen LogP contribution in [0.25, 0.3) is 10.6 Å². The van der Waals surface area contributed by atoms with Crippen LogP contribution in [0.4, 0.5) is 0 Å². The van der Waals surface area contributed by atoms with E-state index in [1.54, 1.807) is 11.6 Å². The van der Waals surface area contributed by atoms with E-state index in [0.717, 1.165) is 21.8 Å². The molecular formula is C23H18ClN3O2S. The zero-order valence-electron chi connectivity index (χ0n) is 15.9. The van der Waals surface area contributed by atoms with E-state index in [4.69, 9.17) is 16.3 Å². The molecule has 0 radical (unpaired) electrons. The van der Waals surface area contributed by atoms with Gasteiger partial charge in [0.2, 0.25) is 0 Å². The molecule has 4 rings (SSSR count). The van der Waals surface area contributed by atoms with Gasteiger partial charge in [0.15, 0.2) is 0 Å². The third-order valence-electron chi connectivity index (χ3n) is 4.33. The van der Waals surface area contributed by atoms with Gasteiger partial charge in [0, 0.05) is 27.7 Å². The molecule has 0 atom stereocenters. The molecule has 30 heavy (non-hydrogen) atoms. The molecule has 0 aliphatic heterocycles. The molecule has 0 saturated heterocycles. The van der Waals surface area contributed by atoms with E-state index in [1.807, 2.05) is 66.7 Å². The molecule has 0 saturated carbocycles.